The zero-order valence-electron chi connectivity index (χ0n) is 13.0. The summed E-state index contributed by atoms with van der Waals surface area (Å²) in [7, 11) is 0. The molecule has 114 valence electrons. The average Bonchev–Trinajstić information content (AvgIpc) is 2.92. The number of carbonyl (C=O) groups is 1. The molecule has 0 spiro atoms. The number of benzene rings is 1. The number of aryl methyl sites for hydroxylation is 1. The summed E-state index contributed by atoms with van der Waals surface area (Å²) < 4.78 is 0. The van der Waals surface area contributed by atoms with Gasteiger partial charge in [-0.1, -0.05) is 6.92 Å². The Labute approximate surface area is 126 Å². The molecule has 0 bridgehead atoms. The second-order valence-corrected chi connectivity index (χ2v) is 6.39. The van der Waals surface area contributed by atoms with Crippen LogP contribution in [0.4, 0.5) is 11.4 Å². The van der Waals surface area contributed by atoms with Gasteiger partial charge in [0.1, 0.15) is 0 Å². The van der Waals surface area contributed by atoms with Gasteiger partial charge in [-0.15, -0.1) is 0 Å². The van der Waals surface area contributed by atoms with Crippen molar-refractivity contribution in [1.29, 1.82) is 0 Å². The van der Waals surface area contributed by atoms with Crippen molar-refractivity contribution in [3.63, 3.8) is 0 Å². The smallest absolute Gasteiger partial charge is 0.227 e. The van der Waals surface area contributed by atoms with Crippen LogP contribution in [-0.2, 0) is 4.79 Å². The average molecular weight is 287 g/mol. The van der Waals surface area contributed by atoms with Crippen molar-refractivity contribution >= 4 is 17.3 Å². The Kier molecular flexibility index (Phi) is 4.15. The standard InChI is InChI=1S/C17H25N3O/c1-12-9-15(20-7-3-4-8-20)5-6-16(12)19-17(21)13(2)14-10-18-11-14/h5-6,9,13-14,18H,3-4,7-8,10-11H2,1-2H3,(H,19,21). The van der Waals surface area contributed by atoms with Crippen LogP contribution in [0, 0.1) is 18.8 Å². The molecular formula is C17H25N3O. The van der Waals surface area contributed by atoms with E-state index in [4.69, 9.17) is 0 Å². The fourth-order valence-corrected chi connectivity index (χ4v) is 3.09. The quantitative estimate of drug-likeness (QED) is 0.893. The minimum Gasteiger partial charge on any atom is -0.372 e. The lowest BCUT2D eigenvalue weighted by Crippen LogP contribution is -2.48. The first-order valence-electron chi connectivity index (χ1n) is 8.02. The molecule has 21 heavy (non-hydrogen) atoms. The first-order chi connectivity index (χ1) is 10.1. The Morgan fingerprint density at radius 3 is 2.62 bits per heavy atom. The van der Waals surface area contributed by atoms with Crippen LogP contribution in [0.5, 0.6) is 0 Å². The number of hydrogen-bond acceptors (Lipinski definition) is 3. The molecule has 2 aliphatic heterocycles. The zero-order valence-corrected chi connectivity index (χ0v) is 13.0. The minimum atomic E-state index is 0.0731. The number of rotatable bonds is 4. The van der Waals surface area contributed by atoms with Crippen molar-refractivity contribution < 1.29 is 4.79 Å². The third-order valence-electron chi connectivity index (χ3n) is 4.87. The Bertz CT molecular complexity index is 519. The van der Waals surface area contributed by atoms with Gasteiger partial charge >= 0.3 is 0 Å². The highest BCUT2D eigenvalue weighted by Gasteiger charge is 2.28. The second-order valence-electron chi connectivity index (χ2n) is 6.39. The van der Waals surface area contributed by atoms with Crippen LogP contribution >= 0.6 is 0 Å². The fourth-order valence-electron chi connectivity index (χ4n) is 3.09. The van der Waals surface area contributed by atoms with Gasteiger partial charge in [-0.25, -0.2) is 0 Å². The summed E-state index contributed by atoms with van der Waals surface area (Å²) in [5, 5.41) is 6.32. The molecule has 2 N–H and O–H groups in total. The van der Waals surface area contributed by atoms with Gasteiger partial charge in [-0.05, 0) is 62.5 Å². The SMILES string of the molecule is Cc1cc(N2CCCC2)ccc1NC(=O)C(C)C1CNC1. The third kappa shape index (κ3) is 3.05. The molecule has 4 heteroatoms. The van der Waals surface area contributed by atoms with E-state index in [-0.39, 0.29) is 11.8 Å². The van der Waals surface area contributed by atoms with Gasteiger partial charge in [-0.3, -0.25) is 4.79 Å². The summed E-state index contributed by atoms with van der Waals surface area (Å²) in [6, 6.07) is 6.37. The zero-order chi connectivity index (χ0) is 14.8. The van der Waals surface area contributed by atoms with Gasteiger partial charge in [-0.2, -0.15) is 0 Å². The van der Waals surface area contributed by atoms with E-state index in [9.17, 15) is 4.79 Å². The lowest BCUT2D eigenvalue weighted by atomic mass is 9.88. The van der Waals surface area contributed by atoms with Crippen molar-refractivity contribution in [1.82, 2.24) is 5.32 Å². The van der Waals surface area contributed by atoms with E-state index in [0.717, 1.165) is 37.4 Å². The molecule has 3 rings (SSSR count). The highest BCUT2D eigenvalue weighted by molar-refractivity contribution is 5.93. The van der Waals surface area contributed by atoms with Gasteiger partial charge in [0.05, 0.1) is 0 Å². The van der Waals surface area contributed by atoms with Crippen molar-refractivity contribution in [2.24, 2.45) is 11.8 Å². The van der Waals surface area contributed by atoms with E-state index in [1.807, 2.05) is 13.0 Å². The summed E-state index contributed by atoms with van der Waals surface area (Å²) in [5.41, 5.74) is 3.37. The van der Waals surface area contributed by atoms with E-state index in [1.165, 1.54) is 18.5 Å². The van der Waals surface area contributed by atoms with Crippen LogP contribution in [-0.4, -0.2) is 32.1 Å². The molecule has 0 radical (unpaired) electrons. The molecule has 2 fully saturated rings. The number of anilines is 2. The van der Waals surface area contributed by atoms with Crippen molar-refractivity contribution in [3.05, 3.63) is 23.8 Å². The summed E-state index contributed by atoms with van der Waals surface area (Å²) in [4.78, 5) is 14.7. The minimum absolute atomic E-state index is 0.0731. The highest BCUT2D eigenvalue weighted by Crippen LogP contribution is 2.26. The van der Waals surface area contributed by atoms with E-state index >= 15 is 0 Å². The Morgan fingerprint density at radius 2 is 2.05 bits per heavy atom. The van der Waals surface area contributed by atoms with Gasteiger partial charge < -0.3 is 15.5 Å². The Balaban J connectivity index is 1.66. The molecule has 2 saturated heterocycles. The topological polar surface area (TPSA) is 44.4 Å². The summed E-state index contributed by atoms with van der Waals surface area (Å²) >= 11 is 0. The maximum Gasteiger partial charge on any atom is 0.227 e. The Morgan fingerprint density at radius 1 is 1.33 bits per heavy atom. The molecule has 0 saturated carbocycles. The van der Waals surface area contributed by atoms with Crippen molar-refractivity contribution in [2.45, 2.75) is 26.7 Å². The van der Waals surface area contributed by atoms with Gasteiger partial charge in [0.2, 0.25) is 5.91 Å². The maximum absolute atomic E-state index is 12.3. The number of amides is 1. The highest BCUT2D eigenvalue weighted by atomic mass is 16.1. The summed E-state index contributed by atoms with van der Waals surface area (Å²) in [6.45, 7) is 8.32. The predicted octanol–water partition coefficient (Wildman–Crippen LogP) is 2.39. The fraction of sp³-hybridized carbons (Fsp3) is 0.588. The van der Waals surface area contributed by atoms with Crippen LogP contribution in [0.3, 0.4) is 0 Å². The molecule has 0 aromatic heterocycles. The summed E-state index contributed by atoms with van der Waals surface area (Å²) in [5.74, 6) is 0.691. The van der Waals surface area contributed by atoms with Crippen LogP contribution < -0.4 is 15.5 Å². The lowest BCUT2D eigenvalue weighted by molar-refractivity contribution is -0.121. The predicted molar refractivity (Wildman–Crippen MR) is 86.8 cm³/mol. The van der Waals surface area contributed by atoms with Crippen molar-refractivity contribution in [3.8, 4) is 0 Å². The lowest BCUT2D eigenvalue weighted by Gasteiger charge is -2.31. The largest absolute Gasteiger partial charge is 0.372 e. The van der Waals surface area contributed by atoms with Crippen LogP contribution in [0.1, 0.15) is 25.3 Å². The molecular weight excluding hydrogens is 262 g/mol. The summed E-state index contributed by atoms with van der Waals surface area (Å²) in [6.07, 6.45) is 2.56. The van der Waals surface area contributed by atoms with E-state index in [0.29, 0.717) is 5.92 Å². The number of nitrogens with one attached hydrogen (secondary N) is 2. The molecule has 1 aromatic rings. The molecule has 4 nitrogen and oxygen atoms in total. The maximum atomic E-state index is 12.3. The Hall–Kier alpha value is -1.55. The van der Waals surface area contributed by atoms with Crippen LogP contribution in [0.15, 0.2) is 18.2 Å². The first kappa shape index (κ1) is 14.4. The molecule has 2 aliphatic rings. The normalized spacial score (nSPS) is 20.2. The van der Waals surface area contributed by atoms with E-state index in [1.54, 1.807) is 0 Å². The third-order valence-corrected chi connectivity index (χ3v) is 4.87. The molecule has 0 aliphatic carbocycles. The van der Waals surface area contributed by atoms with Crippen molar-refractivity contribution in [2.75, 3.05) is 36.4 Å². The monoisotopic (exact) mass is 287 g/mol. The number of hydrogen-bond donors (Lipinski definition) is 2. The van der Waals surface area contributed by atoms with Gasteiger partial charge in [0, 0.05) is 30.4 Å². The molecule has 1 amide bonds. The van der Waals surface area contributed by atoms with Crippen LogP contribution in [0.2, 0.25) is 0 Å². The molecule has 2 heterocycles. The van der Waals surface area contributed by atoms with E-state index < -0.39 is 0 Å². The number of carbonyl (C=O) groups excluding carboxylic acids is 1. The first-order valence-corrected chi connectivity index (χ1v) is 8.02. The second kappa shape index (κ2) is 6.06. The number of nitrogens with zero attached hydrogens (tertiary/aromatic N) is 1. The van der Waals surface area contributed by atoms with E-state index in [2.05, 4.69) is 34.6 Å². The molecule has 1 atom stereocenters. The van der Waals surface area contributed by atoms with Gasteiger partial charge in [0.25, 0.3) is 0 Å². The van der Waals surface area contributed by atoms with Crippen LogP contribution in [0.25, 0.3) is 0 Å². The molecule has 1 aromatic carbocycles. The molecule has 1 unspecified atom stereocenters. The van der Waals surface area contributed by atoms with Gasteiger partial charge in [0.15, 0.2) is 0 Å².